The fourth-order valence-corrected chi connectivity index (χ4v) is 4.18. The van der Waals surface area contributed by atoms with Crippen LogP contribution in [0.4, 0.5) is 5.69 Å². The number of hydrogen-bond donors (Lipinski definition) is 0. The van der Waals surface area contributed by atoms with Crippen LogP contribution in [0.25, 0.3) is 6.08 Å². The van der Waals surface area contributed by atoms with Crippen molar-refractivity contribution in [1.29, 1.82) is 0 Å². The van der Waals surface area contributed by atoms with Crippen molar-refractivity contribution in [3.05, 3.63) is 64.6 Å². The van der Waals surface area contributed by atoms with Crippen LogP contribution in [0.15, 0.2) is 53.4 Å². The molecule has 0 atom stereocenters. The van der Waals surface area contributed by atoms with Crippen molar-refractivity contribution in [2.24, 2.45) is 0 Å². The highest BCUT2D eigenvalue weighted by molar-refractivity contribution is 8.27. The Morgan fingerprint density at radius 1 is 1.12 bits per heavy atom. The summed E-state index contributed by atoms with van der Waals surface area (Å²) in [5.74, 6) is 0.0443. The molecule has 1 amide bonds. The Hall–Kier alpha value is -2.16. The summed E-state index contributed by atoms with van der Waals surface area (Å²) in [5, 5.41) is 0. The lowest BCUT2D eigenvalue weighted by atomic mass is 10.1. The van der Waals surface area contributed by atoms with E-state index in [4.69, 9.17) is 16.4 Å². The third-order valence-electron chi connectivity index (χ3n) is 3.58. The van der Waals surface area contributed by atoms with Gasteiger partial charge >= 0.3 is 10.1 Å². The molecule has 0 unspecified atom stereocenters. The molecule has 1 aliphatic rings. The van der Waals surface area contributed by atoms with Crippen LogP contribution >= 0.6 is 24.0 Å². The quantitative estimate of drug-likeness (QED) is 0.439. The Balaban J connectivity index is 1.85. The maximum absolute atomic E-state index is 12.8. The standard InChI is InChI=1S/C18H15NO4S3/c1-12-5-3-4-6-15(12)19-17(20)16(25-18(19)24)11-13-7-9-14(10-8-13)23-26(2,21)22/h3-11H,1-2H3. The van der Waals surface area contributed by atoms with Crippen LogP contribution in [-0.4, -0.2) is 24.9 Å². The van der Waals surface area contributed by atoms with Crippen molar-refractivity contribution in [1.82, 2.24) is 0 Å². The van der Waals surface area contributed by atoms with Crippen LogP contribution < -0.4 is 9.08 Å². The van der Waals surface area contributed by atoms with Crippen molar-refractivity contribution < 1.29 is 17.4 Å². The lowest BCUT2D eigenvalue weighted by Gasteiger charge is -2.16. The first-order valence-corrected chi connectivity index (χ1v) is 10.6. The summed E-state index contributed by atoms with van der Waals surface area (Å²) in [7, 11) is -3.57. The highest BCUT2D eigenvalue weighted by atomic mass is 32.2. The normalized spacial score (nSPS) is 16.4. The Morgan fingerprint density at radius 2 is 1.77 bits per heavy atom. The summed E-state index contributed by atoms with van der Waals surface area (Å²) in [6, 6.07) is 14.0. The molecule has 26 heavy (non-hydrogen) atoms. The van der Waals surface area contributed by atoms with Crippen LogP contribution in [0.5, 0.6) is 5.75 Å². The van der Waals surface area contributed by atoms with Gasteiger partial charge in [0.05, 0.1) is 16.8 Å². The van der Waals surface area contributed by atoms with E-state index in [9.17, 15) is 13.2 Å². The molecule has 5 nitrogen and oxygen atoms in total. The Morgan fingerprint density at radius 3 is 2.38 bits per heavy atom. The van der Waals surface area contributed by atoms with Crippen molar-refractivity contribution in [3.63, 3.8) is 0 Å². The van der Waals surface area contributed by atoms with Gasteiger partial charge in [-0.25, -0.2) is 0 Å². The highest BCUT2D eigenvalue weighted by Gasteiger charge is 2.33. The number of hydrogen-bond acceptors (Lipinski definition) is 6. The SMILES string of the molecule is Cc1ccccc1N1C(=O)C(=Cc2ccc(OS(C)(=O)=O)cc2)SC1=S. The minimum Gasteiger partial charge on any atom is -0.383 e. The number of carbonyl (C=O) groups excluding carboxylic acids is 1. The number of thioether (sulfide) groups is 1. The van der Waals surface area contributed by atoms with Gasteiger partial charge in [-0.15, -0.1) is 0 Å². The van der Waals surface area contributed by atoms with Gasteiger partial charge in [-0.1, -0.05) is 54.3 Å². The molecule has 0 aromatic heterocycles. The number of aryl methyl sites for hydroxylation is 1. The molecule has 1 saturated heterocycles. The van der Waals surface area contributed by atoms with Gasteiger partial charge in [-0.2, -0.15) is 8.42 Å². The largest absolute Gasteiger partial charge is 0.383 e. The Bertz CT molecular complexity index is 1010. The minimum absolute atomic E-state index is 0.175. The second-order valence-electron chi connectivity index (χ2n) is 5.66. The van der Waals surface area contributed by atoms with Gasteiger partial charge in [0.2, 0.25) is 0 Å². The van der Waals surface area contributed by atoms with Gasteiger partial charge in [-0.05, 0) is 42.3 Å². The fraction of sp³-hybridized carbons (Fsp3) is 0.111. The molecule has 0 aliphatic carbocycles. The molecule has 1 fully saturated rings. The van der Waals surface area contributed by atoms with E-state index in [1.807, 2.05) is 31.2 Å². The number of nitrogens with zero attached hydrogens (tertiary/aromatic N) is 1. The number of carbonyl (C=O) groups is 1. The first-order chi connectivity index (χ1) is 12.2. The zero-order valence-electron chi connectivity index (χ0n) is 14.0. The van der Waals surface area contributed by atoms with Crippen LogP contribution in [-0.2, 0) is 14.9 Å². The van der Waals surface area contributed by atoms with E-state index in [1.165, 1.54) is 28.8 Å². The van der Waals surface area contributed by atoms with Gasteiger partial charge in [0.25, 0.3) is 5.91 Å². The van der Waals surface area contributed by atoms with Crippen molar-refractivity contribution in [2.45, 2.75) is 6.92 Å². The summed E-state index contributed by atoms with van der Waals surface area (Å²) < 4.78 is 27.6. The molecular weight excluding hydrogens is 390 g/mol. The summed E-state index contributed by atoms with van der Waals surface area (Å²) in [4.78, 5) is 14.8. The molecule has 0 saturated carbocycles. The van der Waals surface area contributed by atoms with Gasteiger partial charge in [0.15, 0.2) is 4.32 Å². The number of rotatable bonds is 4. The molecule has 8 heteroatoms. The van der Waals surface area contributed by atoms with Gasteiger partial charge in [0, 0.05) is 0 Å². The second kappa shape index (κ2) is 7.22. The van der Waals surface area contributed by atoms with E-state index in [0.717, 1.165) is 23.1 Å². The number of anilines is 1. The zero-order chi connectivity index (χ0) is 18.9. The third kappa shape index (κ3) is 4.14. The van der Waals surface area contributed by atoms with Gasteiger partial charge in [0.1, 0.15) is 5.75 Å². The third-order valence-corrected chi connectivity index (χ3v) is 5.37. The molecule has 3 rings (SSSR count). The molecule has 1 aliphatic heterocycles. The summed E-state index contributed by atoms with van der Waals surface area (Å²) in [6.45, 7) is 1.93. The van der Waals surface area contributed by atoms with Crippen LogP contribution in [0, 0.1) is 6.92 Å². The summed E-state index contributed by atoms with van der Waals surface area (Å²) in [5.41, 5.74) is 2.48. The number of thiocarbonyl (C=S) groups is 1. The molecule has 0 spiro atoms. The van der Waals surface area contributed by atoms with Crippen molar-refractivity contribution in [3.8, 4) is 5.75 Å². The van der Waals surface area contributed by atoms with E-state index >= 15 is 0 Å². The van der Waals surface area contributed by atoms with Crippen LogP contribution in [0.3, 0.4) is 0 Å². The molecule has 134 valence electrons. The molecule has 2 aromatic rings. The Labute approximate surface area is 161 Å². The van der Waals surface area contributed by atoms with E-state index in [1.54, 1.807) is 18.2 Å². The summed E-state index contributed by atoms with van der Waals surface area (Å²) >= 11 is 6.61. The second-order valence-corrected chi connectivity index (χ2v) is 8.91. The Kier molecular flexibility index (Phi) is 5.17. The zero-order valence-corrected chi connectivity index (χ0v) is 16.5. The lowest BCUT2D eigenvalue weighted by molar-refractivity contribution is -0.113. The van der Waals surface area contributed by atoms with Crippen molar-refractivity contribution in [2.75, 3.05) is 11.2 Å². The smallest absolute Gasteiger partial charge is 0.306 e. The van der Waals surface area contributed by atoms with E-state index in [0.29, 0.717) is 9.23 Å². The molecule has 0 N–H and O–H groups in total. The van der Waals surface area contributed by atoms with E-state index in [2.05, 4.69) is 0 Å². The molecule has 2 aromatic carbocycles. The minimum atomic E-state index is -3.57. The maximum Gasteiger partial charge on any atom is 0.306 e. The van der Waals surface area contributed by atoms with Gasteiger partial charge < -0.3 is 4.18 Å². The van der Waals surface area contributed by atoms with Crippen molar-refractivity contribution >= 4 is 56.1 Å². The van der Waals surface area contributed by atoms with Gasteiger partial charge in [-0.3, -0.25) is 9.69 Å². The monoisotopic (exact) mass is 405 g/mol. The average molecular weight is 406 g/mol. The first kappa shape index (κ1) is 18.6. The highest BCUT2D eigenvalue weighted by Crippen LogP contribution is 2.37. The average Bonchev–Trinajstić information content (AvgIpc) is 2.83. The fourth-order valence-electron chi connectivity index (χ4n) is 2.44. The van der Waals surface area contributed by atoms with E-state index in [-0.39, 0.29) is 11.7 Å². The van der Waals surface area contributed by atoms with Crippen LogP contribution in [0.1, 0.15) is 11.1 Å². The van der Waals surface area contributed by atoms with E-state index < -0.39 is 10.1 Å². The topological polar surface area (TPSA) is 63.7 Å². The number of amides is 1. The van der Waals surface area contributed by atoms with Crippen LogP contribution in [0.2, 0.25) is 0 Å². The number of para-hydroxylation sites is 1. The first-order valence-electron chi connectivity index (χ1n) is 7.58. The number of benzene rings is 2. The molecule has 0 bridgehead atoms. The predicted molar refractivity (Wildman–Crippen MR) is 109 cm³/mol. The summed E-state index contributed by atoms with van der Waals surface area (Å²) in [6.07, 6.45) is 2.71. The predicted octanol–water partition coefficient (Wildman–Crippen LogP) is 3.74. The molecular formula is C18H15NO4S3. The maximum atomic E-state index is 12.8. The lowest BCUT2D eigenvalue weighted by Crippen LogP contribution is -2.28. The molecule has 1 heterocycles. The molecule has 0 radical (unpaired) electrons.